The average molecular weight is 160 g/mol. The number of hydrogen-bond acceptors (Lipinski definition) is 3. The van der Waals surface area contributed by atoms with E-state index in [9.17, 15) is 4.79 Å². The van der Waals surface area contributed by atoms with Crippen molar-refractivity contribution in [1.82, 2.24) is 10.2 Å². The number of aliphatic hydroxyl groups is 1. The number of rotatable bonds is 4. The molecule has 0 bridgehead atoms. The van der Waals surface area contributed by atoms with Gasteiger partial charge in [-0.25, -0.2) is 0 Å². The van der Waals surface area contributed by atoms with Crippen molar-refractivity contribution in [2.45, 2.75) is 13.0 Å². The smallest absolute Gasteiger partial charge is 0.238 e. The van der Waals surface area contributed by atoms with Crippen LogP contribution < -0.4 is 5.32 Å². The second kappa shape index (κ2) is 5.09. The molecule has 0 aliphatic rings. The van der Waals surface area contributed by atoms with Gasteiger partial charge in [-0.05, 0) is 6.92 Å². The largest absolute Gasteiger partial charge is 0.395 e. The fourth-order valence-electron chi connectivity index (χ4n) is 0.756. The molecule has 0 spiro atoms. The Labute approximate surface area is 67.2 Å². The van der Waals surface area contributed by atoms with E-state index in [1.807, 2.05) is 0 Å². The molecule has 0 radical (unpaired) electrons. The van der Waals surface area contributed by atoms with Crippen molar-refractivity contribution in [3.05, 3.63) is 0 Å². The molecule has 0 aromatic rings. The maximum atomic E-state index is 11.1. The van der Waals surface area contributed by atoms with E-state index < -0.39 is 0 Å². The van der Waals surface area contributed by atoms with Crippen LogP contribution in [0.5, 0.6) is 0 Å². The van der Waals surface area contributed by atoms with Crippen LogP contribution in [0.2, 0.25) is 0 Å². The van der Waals surface area contributed by atoms with Gasteiger partial charge < -0.3 is 15.3 Å². The quantitative estimate of drug-likeness (QED) is 0.557. The van der Waals surface area contributed by atoms with Gasteiger partial charge in [0, 0.05) is 20.6 Å². The standard InChI is InChI=1S/C7H16N2O2/c1-6(8-4-5-10)7(11)9(2)3/h6,8,10H,4-5H2,1-3H3. The fraction of sp³-hybridized carbons (Fsp3) is 0.857. The summed E-state index contributed by atoms with van der Waals surface area (Å²) in [6.45, 7) is 2.30. The van der Waals surface area contributed by atoms with E-state index >= 15 is 0 Å². The number of nitrogens with zero attached hydrogens (tertiary/aromatic N) is 1. The molecule has 0 aromatic carbocycles. The number of hydrogen-bond donors (Lipinski definition) is 2. The highest BCUT2D eigenvalue weighted by Gasteiger charge is 2.12. The first-order valence-corrected chi connectivity index (χ1v) is 3.65. The highest BCUT2D eigenvalue weighted by atomic mass is 16.3. The van der Waals surface area contributed by atoms with Crippen molar-refractivity contribution in [2.75, 3.05) is 27.2 Å². The summed E-state index contributed by atoms with van der Waals surface area (Å²) in [7, 11) is 3.42. The zero-order chi connectivity index (χ0) is 8.85. The van der Waals surface area contributed by atoms with Crippen LogP contribution in [-0.4, -0.2) is 49.2 Å². The lowest BCUT2D eigenvalue weighted by Crippen LogP contribution is -2.42. The lowest BCUT2D eigenvalue weighted by atomic mass is 10.3. The van der Waals surface area contributed by atoms with E-state index in [0.717, 1.165) is 0 Å². The minimum Gasteiger partial charge on any atom is -0.395 e. The van der Waals surface area contributed by atoms with Gasteiger partial charge >= 0.3 is 0 Å². The zero-order valence-electron chi connectivity index (χ0n) is 7.29. The molecule has 66 valence electrons. The van der Waals surface area contributed by atoms with Crippen LogP contribution in [0.4, 0.5) is 0 Å². The number of aliphatic hydroxyl groups excluding tert-OH is 1. The monoisotopic (exact) mass is 160 g/mol. The first kappa shape index (κ1) is 10.4. The summed E-state index contributed by atoms with van der Waals surface area (Å²) >= 11 is 0. The van der Waals surface area contributed by atoms with Crippen molar-refractivity contribution in [2.24, 2.45) is 0 Å². The van der Waals surface area contributed by atoms with Gasteiger partial charge in [0.05, 0.1) is 12.6 Å². The molecular weight excluding hydrogens is 144 g/mol. The summed E-state index contributed by atoms with van der Waals surface area (Å²) in [5, 5.41) is 11.3. The molecule has 11 heavy (non-hydrogen) atoms. The van der Waals surface area contributed by atoms with Gasteiger partial charge in [0.1, 0.15) is 0 Å². The normalized spacial score (nSPS) is 12.7. The summed E-state index contributed by atoms with van der Waals surface area (Å²) in [6.07, 6.45) is 0. The van der Waals surface area contributed by atoms with E-state index in [1.165, 1.54) is 4.90 Å². The Kier molecular flexibility index (Phi) is 4.81. The van der Waals surface area contributed by atoms with Gasteiger partial charge in [0.25, 0.3) is 0 Å². The van der Waals surface area contributed by atoms with Crippen molar-refractivity contribution in [3.63, 3.8) is 0 Å². The second-order valence-corrected chi connectivity index (χ2v) is 2.63. The van der Waals surface area contributed by atoms with Gasteiger partial charge in [0.2, 0.25) is 5.91 Å². The molecule has 0 fully saturated rings. The molecule has 1 atom stereocenters. The lowest BCUT2D eigenvalue weighted by molar-refractivity contribution is -0.130. The van der Waals surface area contributed by atoms with E-state index in [-0.39, 0.29) is 18.6 Å². The average Bonchev–Trinajstić information content (AvgIpc) is 1.98. The van der Waals surface area contributed by atoms with Gasteiger partial charge in [0.15, 0.2) is 0 Å². The van der Waals surface area contributed by atoms with E-state index in [2.05, 4.69) is 5.32 Å². The minimum atomic E-state index is -0.211. The number of nitrogens with one attached hydrogen (secondary N) is 1. The minimum absolute atomic E-state index is 0.0263. The third-order valence-electron chi connectivity index (χ3n) is 1.37. The predicted octanol–water partition coefficient (Wildman–Crippen LogP) is -0.955. The Morgan fingerprint density at radius 3 is 2.55 bits per heavy atom. The first-order valence-electron chi connectivity index (χ1n) is 3.65. The number of carbonyl (C=O) groups is 1. The molecule has 0 heterocycles. The Hall–Kier alpha value is -0.610. The number of likely N-dealkylation sites (N-methyl/N-ethyl adjacent to an activating group) is 1. The Morgan fingerprint density at radius 2 is 2.18 bits per heavy atom. The fourth-order valence-corrected chi connectivity index (χ4v) is 0.756. The molecule has 0 rings (SSSR count). The summed E-state index contributed by atoms with van der Waals surface area (Å²) < 4.78 is 0. The molecule has 0 saturated heterocycles. The van der Waals surface area contributed by atoms with E-state index in [1.54, 1.807) is 21.0 Å². The van der Waals surface area contributed by atoms with Crippen molar-refractivity contribution in [3.8, 4) is 0 Å². The van der Waals surface area contributed by atoms with Crippen molar-refractivity contribution >= 4 is 5.91 Å². The molecule has 2 N–H and O–H groups in total. The van der Waals surface area contributed by atoms with Crippen LogP contribution in [0.15, 0.2) is 0 Å². The molecule has 0 aliphatic carbocycles. The maximum absolute atomic E-state index is 11.1. The third kappa shape index (κ3) is 3.95. The van der Waals surface area contributed by atoms with Gasteiger partial charge in [-0.2, -0.15) is 0 Å². The molecule has 1 amide bonds. The van der Waals surface area contributed by atoms with E-state index in [4.69, 9.17) is 5.11 Å². The van der Waals surface area contributed by atoms with Crippen LogP contribution in [0.25, 0.3) is 0 Å². The number of carbonyl (C=O) groups excluding carboxylic acids is 1. The van der Waals surface area contributed by atoms with Crippen LogP contribution in [0, 0.1) is 0 Å². The number of amides is 1. The SMILES string of the molecule is CC(NCCO)C(=O)N(C)C. The molecule has 0 aromatic heterocycles. The molecular formula is C7H16N2O2. The Balaban J connectivity index is 3.64. The Bertz CT molecular complexity index is 126. The van der Waals surface area contributed by atoms with Crippen LogP contribution >= 0.6 is 0 Å². The molecule has 0 aliphatic heterocycles. The molecule has 4 nitrogen and oxygen atoms in total. The van der Waals surface area contributed by atoms with Crippen molar-refractivity contribution < 1.29 is 9.90 Å². The molecule has 4 heteroatoms. The van der Waals surface area contributed by atoms with Crippen LogP contribution in [0.3, 0.4) is 0 Å². The predicted molar refractivity (Wildman–Crippen MR) is 43.2 cm³/mol. The maximum Gasteiger partial charge on any atom is 0.238 e. The summed E-state index contributed by atoms with van der Waals surface area (Å²) in [5.41, 5.74) is 0. The van der Waals surface area contributed by atoms with Gasteiger partial charge in [-0.1, -0.05) is 0 Å². The highest BCUT2D eigenvalue weighted by Crippen LogP contribution is 1.86. The van der Waals surface area contributed by atoms with Crippen LogP contribution in [-0.2, 0) is 4.79 Å². The summed E-state index contributed by atoms with van der Waals surface area (Å²) in [5.74, 6) is 0.0263. The second-order valence-electron chi connectivity index (χ2n) is 2.63. The van der Waals surface area contributed by atoms with Crippen molar-refractivity contribution in [1.29, 1.82) is 0 Å². The topological polar surface area (TPSA) is 52.6 Å². The molecule has 0 saturated carbocycles. The highest BCUT2D eigenvalue weighted by molar-refractivity contribution is 5.80. The van der Waals surface area contributed by atoms with Crippen LogP contribution in [0.1, 0.15) is 6.92 Å². The van der Waals surface area contributed by atoms with Gasteiger partial charge in [-0.15, -0.1) is 0 Å². The summed E-state index contributed by atoms with van der Waals surface area (Å²) in [4.78, 5) is 12.7. The third-order valence-corrected chi connectivity index (χ3v) is 1.37. The lowest BCUT2D eigenvalue weighted by Gasteiger charge is -2.17. The van der Waals surface area contributed by atoms with E-state index in [0.29, 0.717) is 6.54 Å². The Morgan fingerprint density at radius 1 is 1.64 bits per heavy atom. The molecule has 1 unspecified atom stereocenters. The zero-order valence-corrected chi connectivity index (χ0v) is 7.29. The van der Waals surface area contributed by atoms with Gasteiger partial charge in [-0.3, -0.25) is 4.79 Å². The first-order chi connectivity index (χ1) is 5.09. The summed E-state index contributed by atoms with van der Waals surface area (Å²) in [6, 6.07) is -0.211.